The van der Waals surface area contributed by atoms with Gasteiger partial charge in [-0.1, -0.05) is 24.3 Å². The van der Waals surface area contributed by atoms with E-state index in [0.29, 0.717) is 5.88 Å². The minimum atomic E-state index is 0.258. The first kappa shape index (κ1) is 15.5. The molecule has 4 nitrogen and oxygen atoms in total. The van der Waals surface area contributed by atoms with Gasteiger partial charge in [0.1, 0.15) is 5.75 Å². The van der Waals surface area contributed by atoms with Crippen LogP contribution in [0.15, 0.2) is 30.3 Å². The molecule has 2 radical (unpaired) electrons. The largest absolute Gasteiger partial charge is 0.572 e. The third kappa shape index (κ3) is 2.67. The van der Waals surface area contributed by atoms with E-state index in [2.05, 4.69) is 10.9 Å². The van der Waals surface area contributed by atoms with Gasteiger partial charge in [-0.25, -0.2) is 0 Å². The van der Waals surface area contributed by atoms with Gasteiger partial charge in [0.25, 0.3) is 0 Å². The minimum absolute atomic E-state index is 0.258. The number of alkyl halides is 1. The molecule has 3 rings (SSSR count). The Hall–Kier alpha value is -1.36. The highest BCUT2D eigenvalue weighted by Gasteiger charge is 2.31. The van der Waals surface area contributed by atoms with Gasteiger partial charge in [-0.2, -0.15) is 0 Å². The van der Waals surface area contributed by atoms with Gasteiger partial charge in [-0.15, -0.1) is 11.6 Å². The molecule has 0 amide bonds. The lowest BCUT2D eigenvalue weighted by Gasteiger charge is -2.18. The van der Waals surface area contributed by atoms with E-state index >= 15 is 0 Å². The standard InChI is InChI=1S/C15H16B2ClNO3/c1-20-16-19-9-10(8-18)15-12-6-4-3-5-11(12)14(7-13(15)19)22-17-21-2/h3-7,10H,8-9H2,1-2H3/t10-/m0/s1. The van der Waals surface area contributed by atoms with Crippen molar-refractivity contribution >= 4 is 43.4 Å². The molecule has 0 aliphatic carbocycles. The van der Waals surface area contributed by atoms with Crippen LogP contribution in [-0.4, -0.2) is 41.9 Å². The Morgan fingerprint density at radius 2 is 2.00 bits per heavy atom. The zero-order chi connectivity index (χ0) is 15.5. The molecule has 7 heteroatoms. The van der Waals surface area contributed by atoms with Gasteiger partial charge in [-0.3, -0.25) is 0 Å². The van der Waals surface area contributed by atoms with Crippen LogP contribution in [0, 0.1) is 0 Å². The molecule has 0 spiro atoms. The van der Waals surface area contributed by atoms with Gasteiger partial charge in [-0.05, 0) is 10.9 Å². The molecule has 1 heterocycles. The van der Waals surface area contributed by atoms with Gasteiger partial charge in [0.2, 0.25) is 0 Å². The molecule has 1 aliphatic rings. The topological polar surface area (TPSA) is 30.9 Å². The van der Waals surface area contributed by atoms with Crippen molar-refractivity contribution in [2.75, 3.05) is 31.5 Å². The van der Waals surface area contributed by atoms with Crippen LogP contribution in [0.1, 0.15) is 11.5 Å². The van der Waals surface area contributed by atoms with Crippen molar-refractivity contribution in [3.05, 3.63) is 35.9 Å². The Bertz CT molecular complexity index is 671. The summed E-state index contributed by atoms with van der Waals surface area (Å²) in [6.07, 6.45) is 0. The van der Waals surface area contributed by atoms with Crippen LogP contribution in [0.5, 0.6) is 5.75 Å². The average molecular weight is 315 g/mol. The Balaban J connectivity index is 2.17. The zero-order valence-corrected chi connectivity index (χ0v) is 13.3. The first-order valence-corrected chi connectivity index (χ1v) is 7.59. The van der Waals surface area contributed by atoms with Crippen molar-refractivity contribution in [3.63, 3.8) is 0 Å². The number of benzene rings is 2. The highest BCUT2D eigenvalue weighted by Crippen LogP contribution is 2.45. The van der Waals surface area contributed by atoms with Gasteiger partial charge in [0, 0.05) is 49.7 Å². The summed E-state index contributed by atoms with van der Waals surface area (Å²) in [5, 5.41) is 2.20. The van der Waals surface area contributed by atoms with E-state index in [1.165, 1.54) is 13.2 Å². The van der Waals surface area contributed by atoms with E-state index in [4.69, 9.17) is 25.6 Å². The maximum Gasteiger partial charge on any atom is 0.572 e. The van der Waals surface area contributed by atoms with E-state index in [0.717, 1.165) is 28.8 Å². The van der Waals surface area contributed by atoms with Crippen LogP contribution in [-0.2, 0) is 9.31 Å². The van der Waals surface area contributed by atoms with Gasteiger partial charge < -0.3 is 18.8 Å². The summed E-state index contributed by atoms with van der Waals surface area (Å²) in [5.74, 6) is 1.57. The molecule has 1 atom stereocenters. The number of anilines is 1. The third-order valence-electron chi connectivity index (χ3n) is 3.85. The highest BCUT2D eigenvalue weighted by atomic mass is 35.5. The third-order valence-corrected chi connectivity index (χ3v) is 4.22. The fourth-order valence-corrected chi connectivity index (χ4v) is 3.25. The molecule has 0 N–H and O–H groups in total. The molecule has 112 valence electrons. The van der Waals surface area contributed by atoms with Gasteiger partial charge in [0.05, 0.1) is 0 Å². The predicted molar refractivity (Wildman–Crippen MR) is 90.9 cm³/mol. The Morgan fingerprint density at radius 1 is 1.23 bits per heavy atom. The lowest BCUT2D eigenvalue weighted by atomic mass is 9.95. The van der Waals surface area contributed by atoms with Crippen molar-refractivity contribution < 1.29 is 14.0 Å². The molecule has 0 saturated carbocycles. The van der Waals surface area contributed by atoms with Crippen LogP contribution in [0.3, 0.4) is 0 Å². The molecule has 2 aromatic rings. The van der Waals surface area contributed by atoms with Crippen LogP contribution in [0.4, 0.5) is 5.69 Å². The number of fused-ring (bicyclic) bond motifs is 3. The van der Waals surface area contributed by atoms with E-state index in [-0.39, 0.29) is 5.92 Å². The van der Waals surface area contributed by atoms with Crippen molar-refractivity contribution in [3.8, 4) is 5.75 Å². The second-order valence-electron chi connectivity index (χ2n) is 5.15. The molecule has 0 fully saturated rings. The fraction of sp³-hybridized carbons (Fsp3) is 0.333. The average Bonchev–Trinajstić information content (AvgIpc) is 2.91. The Kier molecular flexibility index (Phi) is 4.81. The number of rotatable bonds is 6. The summed E-state index contributed by atoms with van der Waals surface area (Å²) in [5.41, 5.74) is 2.30. The van der Waals surface area contributed by atoms with Crippen LogP contribution in [0.25, 0.3) is 10.8 Å². The smallest absolute Gasteiger partial charge is 0.537 e. The van der Waals surface area contributed by atoms with Crippen LogP contribution < -0.4 is 9.47 Å². The number of hydrogen-bond donors (Lipinski definition) is 0. The molecule has 0 unspecified atom stereocenters. The van der Waals surface area contributed by atoms with Crippen molar-refractivity contribution in [1.29, 1.82) is 0 Å². The molecule has 0 aromatic heterocycles. The summed E-state index contributed by atoms with van der Waals surface area (Å²) in [4.78, 5) is 2.06. The summed E-state index contributed by atoms with van der Waals surface area (Å²) >= 11 is 6.19. The van der Waals surface area contributed by atoms with Gasteiger partial charge >= 0.3 is 15.3 Å². The first-order valence-electron chi connectivity index (χ1n) is 7.05. The summed E-state index contributed by atoms with van der Waals surface area (Å²) < 4.78 is 15.7. The molecule has 22 heavy (non-hydrogen) atoms. The molecule has 1 aliphatic heterocycles. The maximum absolute atomic E-state index is 6.19. The minimum Gasteiger partial charge on any atom is -0.537 e. The first-order chi connectivity index (χ1) is 10.8. The van der Waals surface area contributed by atoms with Crippen LogP contribution in [0.2, 0.25) is 0 Å². The lowest BCUT2D eigenvalue weighted by molar-refractivity contribution is 0.367. The Morgan fingerprint density at radius 3 is 2.68 bits per heavy atom. The molecule has 2 aromatic carbocycles. The van der Waals surface area contributed by atoms with Crippen LogP contribution >= 0.6 is 11.6 Å². The number of halogens is 1. The van der Waals surface area contributed by atoms with E-state index in [1.54, 1.807) is 21.8 Å². The SMILES string of the molecule is CO[B]Oc1cc2c(c3ccccc13)[C@@H](CCl)CN2[B]OC. The van der Waals surface area contributed by atoms with Crippen molar-refractivity contribution in [2.45, 2.75) is 5.92 Å². The van der Waals surface area contributed by atoms with E-state index in [9.17, 15) is 0 Å². The molecule has 0 saturated heterocycles. The molecular formula is C15H16B2ClNO3. The summed E-state index contributed by atoms with van der Waals surface area (Å²) in [7, 11) is 6.24. The normalized spacial score (nSPS) is 16.7. The second-order valence-corrected chi connectivity index (χ2v) is 5.46. The number of hydrogen-bond acceptors (Lipinski definition) is 4. The van der Waals surface area contributed by atoms with E-state index < -0.39 is 0 Å². The predicted octanol–water partition coefficient (Wildman–Crippen LogP) is 2.72. The molecule has 0 bridgehead atoms. The number of nitrogens with zero attached hydrogens (tertiary/aromatic N) is 1. The quantitative estimate of drug-likeness (QED) is 0.606. The van der Waals surface area contributed by atoms with Gasteiger partial charge in [0.15, 0.2) is 0 Å². The highest BCUT2D eigenvalue weighted by molar-refractivity contribution is 6.35. The summed E-state index contributed by atoms with van der Waals surface area (Å²) in [6, 6.07) is 10.2. The zero-order valence-electron chi connectivity index (χ0n) is 12.6. The lowest BCUT2D eigenvalue weighted by Crippen LogP contribution is -2.28. The summed E-state index contributed by atoms with van der Waals surface area (Å²) in [6.45, 7) is 0.800. The second kappa shape index (κ2) is 6.82. The fourth-order valence-electron chi connectivity index (χ4n) is 2.99. The van der Waals surface area contributed by atoms with Crippen molar-refractivity contribution in [2.24, 2.45) is 0 Å². The molecular weight excluding hydrogens is 299 g/mol. The maximum atomic E-state index is 6.19. The van der Waals surface area contributed by atoms with E-state index in [1.807, 2.05) is 24.3 Å². The Labute approximate surface area is 136 Å². The van der Waals surface area contributed by atoms with Crippen molar-refractivity contribution in [1.82, 2.24) is 0 Å². The monoisotopic (exact) mass is 315 g/mol.